The number of hydrogen-bond donors (Lipinski definition) is 1. The number of amides is 1. The predicted octanol–water partition coefficient (Wildman–Crippen LogP) is 4.14. The molecule has 2 heterocycles. The minimum Gasteiger partial charge on any atom is -0.494 e. The van der Waals surface area contributed by atoms with E-state index in [2.05, 4.69) is 15.1 Å². The standard InChI is InChI=1S/C28H37N3O6.ClH/c1-4-34-27(33)28(2,3)37-25-10-6-5-9-23(25)31-16-14-30(15-17-31)13-7-8-18-35-21-11-12-24-22(19-21)29-26(32)20-36-24;/h5-6,9-12,19H,4,7-8,13-18,20H2,1-3H3,(H,29,32);1H. The maximum Gasteiger partial charge on any atom is 0.349 e. The molecule has 0 spiro atoms. The molecule has 2 aromatic carbocycles. The zero-order chi connectivity index (χ0) is 26.3. The molecule has 1 saturated heterocycles. The fourth-order valence-electron chi connectivity index (χ4n) is 4.42. The van der Waals surface area contributed by atoms with Crippen molar-refractivity contribution in [1.29, 1.82) is 0 Å². The summed E-state index contributed by atoms with van der Waals surface area (Å²) in [6.07, 6.45) is 1.98. The zero-order valence-electron chi connectivity index (χ0n) is 22.4. The average molecular weight is 548 g/mol. The number of anilines is 2. The lowest BCUT2D eigenvalue weighted by atomic mass is 10.1. The maximum atomic E-state index is 12.3. The van der Waals surface area contributed by atoms with Crippen LogP contribution in [0.15, 0.2) is 42.5 Å². The van der Waals surface area contributed by atoms with Crippen LogP contribution in [-0.4, -0.2) is 74.9 Å². The molecule has 1 fully saturated rings. The Balaban J connectivity index is 0.00000400. The van der Waals surface area contributed by atoms with Gasteiger partial charge in [0.2, 0.25) is 0 Å². The van der Waals surface area contributed by atoms with Gasteiger partial charge in [-0.15, -0.1) is 12.4 Å². The highest BCUT2D eigenvalue weighted by molar-refractivity contribution is 5.95. The average Bonchev–Trinajstić information content (AvgIpc) is 2.89. The SMILES string of the molecule is CCOC(=O)C(C)(C)Oc1ccccc1N1CCN(CCCCOc2ccc3c(c2)NC(=O)CO3)CC1.Cl. The molecule has 38 heavy (non-hydrogen) atoms. The molecule has 1 amide bonds. The smallest absolute Gasteiger partial charge is 0.349 e. The summed E-state index contributed by atoms with van der Waals surface area (Å²) in [6, 6.07) is 13.4. The number of para-hydroxylation sites is 2. The minimum atomic E-state index is -1.06. The Morgan fingerprint density at radius 3 is 2.61 bits per heavy atom. The van der Waals surface area contributed by atoms with Gasteiger partial charge < -0.3 is 29.2 Å². The molecular weight excluding hydrogens is 510 g/mol. The number of nitrogens with zero attached hydrogens (tertiary/aromatic N) is 2. The van der Waals surface area contributed by atoms with Gasteiger partial charge in [-0.3, -0.25) is 9.69 Å². The molecule has 2 aromatic rings. The summed E-state index contributed by atoms with van der Waals surface area (Å²) >= 11 is 0. The molecule has 208 valence electrons. The van der Waals surface area contributed by atoms with E-state index in [0.717, 1.165) is 57.0 Å². The van der Waals surface area contributed by atoms with E-state index >= 15 is 0 Å². The van der Waals surface area contributed by atoms with E-state index in [1.54, 1.807) is 26.8 Å². The number of nitrogens with one attached hydrogen (secondary N) is 1. The van der Waals surface area contributed by atoms with Crippen molar-refractivity contribution in [2.24, 2.45) is 0 Å². The van der Waals surface area contributed by atoms with Crippen molar-refractivity contribution in [2.45, 2.75) is 39.2 Å². The Labute approximate surface area is 230 Å². The summed E-state index contributed by atoms with van der Waals surface area (Å²) in [4.78, 5) is 28.6. The third kappa shape index (κ3) is 7.68. The van der Waals surface area contributed by atoms with E-state index in [4.69, 9.17) is 18.9 Å². The minimum absolute atomic E-state index is 0. The molecule has 2 aliphatic heterocycles. The third-order valence-corrected chi connectivity index (χ3v) is 6.43. The number of benzene rings is 2. The van der Waals surface area contributed by atoms with Crippen LogP contribution in [0.25, 0.3) is 0 Å². The van der Waals surface area contributed by atoms with Crippen molar-refractivity contribution in [2.75, 3.05) is 62.8 Å². The quantitative estimate of drug-likeness (QED) is 0.332. The summed E-state index contributed by atoms with van der Waals surface area (Å²) < 4.78 is 22.5. The van der Waals surface area contributed by atoms with Gasteiger partial charge in [-0.05, 0) is 64.4 Å². The molecule has 0 aromatic heterocycles. The van der Waals surface area contributed by atoms with Crippen molar-refractivity contribution in [3.8, 4) is 17.2 Å². The lowest BCUT2D eigenvalue weighted by Crippen LogP contribution is -2.47. The summed E-state index contributed by atoms with van der Waals surface area (Å²) in [5.74, 6) is 1.57. The number of ether oxygens (including phenoxy) is 4. The number of carbonyl (C=O) groups excluding carboxylic acids is 2. The van der Waals surface area contributed by atoms with Gasteiger partial charge in [-0.25, -0.2) is 4.79 Å². The van der Waals surface area contributed by atoms with Crippen LogP contribution < -0.4 is 24.4 Å². The van der Waals surface area contributed by atoms with Crippen LogP contribution >= 0.6 is 12.4 Å². The van der Waals surface area contributed by atoms with Gasteiger partial charge in [0, 0.05) is 32.2 Å². The van der Waals surface area contributed by atoms with Crippen LogP contribution in [0, 0.1) is 0 Å². The second kappa shape index (κ2) is 13.6. The second-order valence-corrected chi connectivity index (χ2v) is 9.68. The van der Waals surface area contributed by atoms with Crippen LogP contribution in [0.3, 0.4) is 0 Å². The molecule has 9 nitrogen and oxygen atoms in total. The number of esters is 1. The Morgan fingerprint density at radius 1 is 1.08 bits per heavy atom. The Kier molecular flexibility index (Phi) is 10.5. The van der Waals surface area contributed by atoms with Crippen LogP contribution in [0.4, 0.5) is 11.4 Å². The number of hydrogen-bond acceptors (Lipinski definition) is 8. The van der Waals surface area contributed by atoms with Crippen LogP contribution in [-0.2, 0) is 14.3 Å². The normalized spacial score (nSPS) is 15.4. The van der Waals surface area contributed by atoms with Crippen molar-refractivity contribution < 1.29 is 28.5 Å². The summed E-state index contributed by atoms with van der Waals surface area (Å²) in [5, 5.41) is 2.80. The second-order valence-electron chi connectivity index (χ2n) is 9.68. The number of unbranched alkanes of at least 4 members (excludes halogenated alkanes) is 1. The summed E-state index contributed by atoms with van der Waals surface area (Å²) in [6.45, 7) is 11.0. The van der Waals surface area contributed by atoms with E-state index in [1.165, 1.54) is 0 Å². The highest BCUT2D eigenvalue weighted by atomic mass is 35.5. The first-order valence-electron chi connectivity index (χ1n) is 13.0. The van der Waals surface area contributed by atoms with Gasteiger partial charge in [0.25, 0.3) is 5.91 Å². The van der Waals surface area contributed by atoms with Crippen molar-refractivity contribution in [3.05, 3.63) is 42.5 Å². The van der Waals surface area contributed by atoms with Crippen LogP contribution in [0.5, 0.6) is 17.2 Å². The van der Waals surface area contributed by atoms with E-state index < -0.39 is 5.60 Å². The van der Waals surface area contributed by atoms with Gasteiger partial charge in [-0.1, -0.05) is 12.1 Å². The third-order valence-electron chi connectivity index (χ3n) is 6.43. The highest BCUT2D eigenvalue weighted by Gasteiger charge is 2.33. The first kappa shape index (κ1) is 29.4. The molecule has 10 heteroatoms. The van der Waals surface area contributed by atoms with Crippen LogP contribution in [0.1, 0.15) is 33.6 Å². The van der Waals surface area contributed by atoms with Gasteiger partial charge in [-0.2, -0.15) is 0 Å². The predicted molar refractivity (Wildman–Crippen MR) is 149 cm³/mol. The molecule has 1 N–H and O–H groups in total. The Bertz CT molecular complexity index is 1090. The number of rotatable bonds is 11. The van der Waals surface area contributed by atoms with Gasteiger partial charge in [0.15, 0.2) is 12.2 Å². The topological polar surface area (TPSA) is 89.6 Å². The van der Waals surface area contributed by atoms with E-state index in [-0.39, 0.29) is 30.9 Å². The number of fused-ring (bicyclic) bond motifs is 1. The maximum absolute atomic E-state index is 12.3. The van der Waals surface area contributed by atoms with Gasteiger partial charge in [0.05, 0.1) is 24.6 Å². The molecule has 0 unspecified atom stereocenters. The molecule has 0 radical (unpaired) electrons. The van der Waals surface area contributed by atoms with E-state index in [0.29, 0.717) is 30.4 Å². The monoisotopic (exact) mass is 547 g/mol. The zero-order valence-corrected chi connectivity index (χ0v) is 23.2. The number of piperazine rings is 1. The Morgan fingerprint density at radius 2 is 1.84 bits per heavy atom. The largest absolute Gasteiger partial charge is 0.494 e. The number of halogens is 1. The molecule has 0 bridgehead atoms. The first-order chi connectivity index (χ1) is 17.9. The Hall–Kier alpha value is -3.17. The van der Waals surface area contributed by atoms with Crippen molar-refractivity contribution in [3.63, 3.8) is 0 Å². The van der Waals surface area contributed by atoms with E-state index in [1.807, 2.05) is 36.4 Å². The van der Waals surface area contributed by atoms with Gasteiger partial charge >= 0.3 is 5.97 Å². The fourth-order valence-corrected chi connectivity index (χ4v) is 4.42. The molecular formula is C28H38ClN3O6. The number of carbonyl (C=O) groups is 2. The summed E-state index contributed by atoms with van der Waals surface area (Å²) in [5.41, 5.74) is 0.596. The van der Waals surface area contributed by atoms with Crippen molar-refractivity contribution in [1.82, 2.24) is 4.90 Å². The fraction of sp³-hybridized carbons (Fsp3) is 0.500. The first-order valence-corrected chi connectivity index (χ1v) is 13.0. The molecule has 4 rings (SSSR count). The molecule has 0 aliphatic carbocycles. The lowest BCUT2D eigenvalue weighted by molar-refractivity contribution is -0.158. The summed E-state index contributed by atoms with van der Waals surface area (Å²) in [7, 11) is 0. The molecule has 0 saturated carbocycles. The van der Waals surface area contributed by atoms with Gasteiger partial charge in [0.1, 0.15) is 17.2 Å². The highest BCUT2D eigenvalue weighted by Crippen LogP contribution is 2.33. The molecule has 2 aliphatic rings. The lowest BCUT2D eigenvalue weighted by Gasteiger charge is -2.37. The van der Waals surface area contributed by atoms with Crippen molar-refractivity contribution >= 4 is 35.7 Å². The van der Waals surface area contributed by atoms with Crippen LogP contribution in [0.2, 0.25) is 0 Å². The molecule has 0 atom stereocenters. The van der Waals surface area contributed by atoms with E-state index in [9.17, 15) is 9.59 Å².